The van der Waals surface area contributed by atoms with Gasteiger partial charge in [0.2, 0.25) is 5.91 Å². The second-order valence-corrected chi connectivity index (χ2v) is 4.35. The van der Waals surface area contributed by atoms with Gasteiger partial charge in [0.25, 0.3) is 0 Å². The Bertz CT molecular complexity index is 365. The average Bonchev–Trinajstić information content (AvgIpc) is 2.08. The van der Waals surface area contributed by atoms with Gasteiger partial charge >= 0.3 is 0 Å². The molecule has 3 nitrogen and oxygen atoms in total. The number of carbonyl (C=O) groups excluding carboxylic acids is 1. The quantitative estimate of drug-likeness (QED) is 0.703. The first-order chi connectivity index (χ1) is 6.16. The van der Waals surface area contributed by atoms with Gasteiger partial charge in [-0.15, -0.1) is 0 Å². The third kappa shape index (κ3) is 1.68. The number of nitrogens with two attached hydrogens (primary N) is 1. The molecule has 1 amide bonds. The molecule has 68 valence electrons. The number of halogens is 1. The molecule has 0 radical (unpaired) electrons. The summed E-state index contributed by atoms with van der Waals surface area (Å²) in [6.45, 7) is 0. The zero-order valence-corrected chi connectivity index (χ0v) is 9.04. The SMILES string of the molecule is NC1Cc2ccc(I)cc2NC1=O. The van der Waals surface area contributed by atoms with E-state index in [4.69, 9.17) is 5.73 Å². The van der Waals surface area contributed by atoms with Gasteiger partial charge in [0, 0.05) is 9.26 Å². The number of hydrogen-bond acceptors (Lipinski definition) is 2. The second kappa shape index (κ2) is 3.26. The van der Waals surface area contributed by atoms with Crippen molar-refractivity contribution < 1.29 is 4.79 Å². The fourth-order valence-electron chi connectivity index (χ4n) is 1.40. The van der Waals surface area contributed by atoms with Gasteiger partial charge in [-0.25, -0.2) is 0 Å². The Morgan fingerprint density at radius 1 is 1.54 bits per heavy atom. The zero-order valence-electron chi connectivity index (χ0n) is 6.88. The maximum atomic E-state index is 11.2. The molecule has 2 rings (SSSR count). The minimum Gasteiger partial charge on any atom is -0.324 e. The molecule has 1 aliphatic rings. The van der Waals surface area contributed by atoms with Crippen molar-refractivity contribution in [2.45, 2.75) is 12.5 Å². The van der Waals surface area contributed by atoms with Gasteiger partial charge in [-0.2, -0.15) is 0 Å². The topological polar surface area (TPSA) is 55.1 Å². The van der Waals surface area contributed by atoms with Crippen LogP contribution in [0.1, 0.15) is 5.56 Å². The summed E-state index contributed by atoms with van der Waals surface area (Å²) in [6, 6.07) is 5.59. The number of nitrogens with one attached hydrogen (secondary N) is 1. The standard InChI is InChI=1S/C9H9IN2O/c10-6-2-1-5-3-7(11)9(13)12-8(5)4-6/h1-2,4,7H,3,11H2,(H,12,13). The van der Waals surface area contributed by atoms with Gasteiger partial charge in [-0.3, -0.25) is 4.79 Å². The van der Waals surface area contributed by atoms with Crippen LogP contribution in [0.15, 0.2) is 18.2 Å². The minimum absolute atomic E-state index is 0.0884. The van der Waals surface area contributed by atoms with E-state index in [0.29, 0.717) is 6.42 Å². The maximum Gasteiger partial charge on any atom is 0.241 e. The van der Waals surface area contributed by atoms with Crippen LogP contribution >= 0.6 is 22.6 Å². The zero-order chi connectivity index (χ0) is 9.42. The van der Waals surface area contributed by atoms with Crippen LogP contribution in [0.5, 0.6) is 0 Å². The molecule has 0 aliphatic carbocycles. The number of benzene rings is 1. The van der Waals surface area contributed by atoms with Gasteiger partial charge < -0.3 is 11.1 Å². The molecule has 1 heterocycles. The van der Waals surface area contributed by atoms with Gasteiger partial charge in [0.15, 0.2) is 0 Å². The highest BCUT2D eigenvalue weighted by molar-refractivity contribution is 14.1. The van der Waals surface area contributed by atoms with Crippen LogP contribution in [0.4, 0.5) is 5.69 Å². The van der Waals surface area contributed by atoms with E-state index in [9.17, 15) is 4.79 Å². The third-order valence-corrected chi connectivity index (χ3v) is 2.78. The van der Waals surface area contributed by atoms with Crippen molar-refractivity contribution in [3.8, 4) is 0 Å². The number of anilines is 1. The molecular formula is C9H9IN2O. The number of hydrogen-bond donors (Lipinski definition) is 2. The number of carbonyl (C=O) groups is 1. The molecule has 0 fully saturated rings. The fourth-order valence-corrected chi connectivity index (χ4v) is 1.89. The first-order valence-electron chi connectivity index (χ1n) is 4.01. The van der Waals surface area contributed by atoms with E-state index >= 15 is 0 Å². The van der Waals surface area contributed by atoms with Crippen molar-refractivity contribution in [2.24, 2.45) is 5.73 Å². The molecule has 1 aromatic rings. The normalized spacial score (nSPS) is 20.8. The fraction of sp³-hybridized carbons (Fsp3) is 0.222. The van der Waals surface area contributed by atoms with Crippen molar-refractivity contribution in [2.75, 3.05) is 5.32 Å². The predicted molar refractivity (Wildman–Crippen MR) is 59.5 cm³/mol. The lowest BCUT2D eigenvalue weighted by molar-refractivity contribution is -0.117. The van der Waals surface area contributed by atoms with Gasteiger partial charge in [-0.1, -0.05) is 6.07 Å². The average molecular weight is 288 g/mol. The predicted octanol–water partition coefficient (Wildman–Crippen LogP) is 1.11. The summed E-state index contributed by atoms with van der Waals surface area (Å²) in [6.07, 6.45) is 0.637. The maximum absolute atomic E-state index is 11.2. The number of fused-ring (bicyclic) bond motifs is 1. The van der Waals surface area contributed by atoms with Crippen molar-refractivity contribution in [3.05, 3.63) is 27.3 Å². The Morgan fingerprint density at radius 3 is 3.08 bits per heavy atom. The van der Waals surface area contributed by atoms with E-state index < -0.39 is 6.04 Å². The summed E-state index contributed by atoms with van der Waals surface area (Å²) in [5.74, 6) is -0.0884. The van der Waals surface area contributed by atoms with E-state index in [-0.39, 0.29) is 5.91 Å². The molecule has 0 spiro atoms. The largest absolute Gasteiger partial charge is 0.324 e. The summed E-state index contributed by atoms with van der Waals surface area (Å²) < 4.78 is 1.12. The van der Waals surface area contributed by atoms with E-state index in [1.807, 2.05) is 18.2 Å². The lowest BCUT2D eigenvalue weighted by atomic mass is 10.00. The summed E-state index contributed by atoms with van der Waals surface area (Å²) >= 11 is 2.22. The Labute approximate surface area is 89.8 Å². The summed E-state index contributed by atoms with van der Waals surface area (Å²) in [5, 5.41) is 2.78. The molecule has 0 saturated heterocycles. The van der Waals surface area contributed by atoms with Gasteiger partial charge in [0.1, 0.15) is 0 Å². The summed E-state index contributed by atoms with van der Waals surface area (Å²) in [5.41, 5.74) is 7.64. The van der Waals surface area contributed by atoms with Gasteiger partial charge in [-0.05, 0) is 46.7 Å². The van der Waals surface area contributed by atoms with Gasteiger partial charge in [0.05, 0.1) is 6.04 Å². The van der Waals surface area contributed by atoms with E-state index in [1.165, 1.54) is 0 Å². The third-order valence-electron chi connectivity index (χ3n) is 2.11. The molecule has 0 aromatic heterocycles. The van der Waals surface area contributed by atoms with Crippen LogP contribution in [0.25, 0.3) is 0 Å². The van der Waals surface area contributed by atoms with Crippen LogP contribution in [0.2, 0.25) is 0 Å². The Hall–Kier alpha value is -0.620. The van der Waals surface area contributed by atoms with Crippen molar-refractivity contribution in [3.63, 3.8) is 0 Å². The van der Waals surface area contributed by atoms with Crippen LogP contribution in [0, 0.1) is 3.57 Å². The van der Waals surface area contributed by atoms with Crippen LogP contribution in [-0.2, 0) is 11.2 Å². The second-order valence-electron chi connectivity index (χ2n) is 3.10. The van der Waals surface area contributed by atoms with Crippen molar-refractivity contribution in [1.82, 2.24) is 0 Å². The molecular weight excluding hydrogens is 279 g/mol. The molecule has 1 atom stereocenters. The minimum atomic E-state index is -0.396. The molecule has 4 heteroatoms. The molecule has 1 aromatic carbocycles. The monoisotopic (exact) mass is 288 g/mol. The van der Waals surface area contributed by atoms with E-state index in [2.05, 4.69) is 27.9 Å². The van der Waals surface area contributed by atoms with Crippen LogP contribution in [0.3, 0.4) is 0 Å². The lowest BCUT2D eigenvalue weighted by Crippen LogP contribution is -2.41. The smallest absolute Gasteiger partial charge is 0.241 e. The first-order valence-corrected chi connectivity index (χ1v) is 5.09. The van der Waals surface area contributed by atoms with E-state index in [0.717, 1.165) is 14.8 Å². The lowest BCUT2D eigenvalue weighted by Gasteiger charge is -2.21. The molecule has 0 saturated carbocycles. The van der Waals surface area contributed by atoms with Crippen LogP contribution < -0.4 is 11.1 Å². The Balaban J connectivity index is 2.42. The summed E-state index contributed by atoms with van der Waals surface area (Å²) in [4.78, 5) is 11.2. The van der Waals surface area contributed by atoms with Crippen molar-refractivity contribution in [1.29, 1.82) is 0 Å². The summed E-state index contributed by atoms with van der Waals surface area (Å²) in [7, 11) is 0. The highest BCUT2D eigenvalue weighted by Gasteiger charge is 2.22. The molecule has 13 heavy (non-hydrogen) atoms. The number of amides is 1. The highest BCUT2D eigenvalue weighted by Crippen LogP contribution is 2.23. The Morgan fingerprint density at radius 2 is 2.31 bits per heavy atom. The molecule has 0 bridgehead atoms. The van der Waals surface area contributed by atoms with Crippen LogP contribution in [-0.4, -0.2) is 11.9 Å². The Kier molecular flexibility index (Phi) is 2.25. The molecule has 3 N–H and O–H groups in total. The van der Waals surface area contributed by atoms with E-state index in [1.54, 1.807) is 0 Å². The molecule has 1 aliphatic heterocycles. The molecule has 1 unspecified atom stereocenters. The highest BCUT2D eigenvalue weighted by atomic mass is 127. The van der Waals surface area contributed by atoms with Crippen molar-refractivity contribution >= 4 is 34.2 Å². The first kappa shape index (κ1) is 8.96. The number of rotatable bonds is 0.